The van der Waals surface area contributed by atoms with Gasteiger partial charge in [-0.25, -0.2) is 4.79 Å². The molecule has 0 unspecified atom stereocenters. The molecule has 4 rings (SSSR count). The smallest absolute Gasteiger partial charge is 0.322 e. The minimum atomic E-state index is -0.0947. The quantitative estimate of drug-likeness (QED) is 0.624. The highest BCUT2D eigenvalue weighted by Crippen LogP contribution is 2.35. The zero-order valence-corrected chi connectivity index (χ0v) is 15.6. The molecule has 1 saturated heterocycles. The van der Waals surface area contributed by atoms with Crippen LogP contribution in [0.15, 0.2) is 78.9 Å². The van der Waals surface area contributed by atoms with Crippen LogP contribution in [0.1, 0.15) is 18.5 Å². The number of anilines is 1. The van der Waals surface area contributed by atoms with Crippen molar-refractivity contribution in [3.8, 4) is 11.5 Å². The zero-order valence-electron chi connectivity index (χ0n) is 14.8. The number of carbonyl (C=O) groups excluding carboxylic acids is 1. The Kier molecular flexibility index (Phi) is 4.73. The highest BCUT2D eigenvalue weighted by atomic mass is 35.5. The highest BCUT2D eigenvalue weighted by molar-refractivity contribution is 6.30. The molecule has 3 aromatic rings. The first-order chi connectivity index (χ1) is 13.1. The summed E-state index contributed by atoms with van der Waals surface area (Å²) >= 11 is 5.90. The minimum absolute atomic E-state index is 0.0184. The lowest BCUT2D eigenvalue weighted by molar-refractivity contribution is 0.251. The van der Waals surface area contributed by atoms with Crippen LogP contribution in [0.25, 0.3) is 0 Å². The standard InChI is InChI=1S/C22H19ClN2O2/c1-15-21(16-5-3-2-4-6-16)25(22(26)24-15)18-9-13-20(14-10-18)27-19-11-7-17(23)8-12-19/h2-15,21H,1H3,(H,24,26)/t15-,21+/m0/s1. The summed E-state index contributed by atoms with van der Waals surface area (Å²) in [5.74, 6) is 1.41. The molecular weight excluding hydrogens is 360 g/mol. The van der Waals surface area contributed by atoms with E-state index in [1.54, 1.807) is 17.0 Å². The van der Waals surface area contributed by atoms with E-state index in [-0.39, 0.29) is 18.1 Å². The summed E-state index contributed by atoms with van der Waals surface area (Å²) in [4.78, 5) is 14.3. The van der Waals surface area contributed by atoms with Gasteiger partial charge in [0.1, 0.15) is 11.5 Å². The molecule has 1 aliphatic heterocycles. The first kappa shape index (κ1) is 17.4. The molecule has 3 aromatic carbocycles. The third-order valence-corrected chi connectivity index (χ3v) is 4.88. The van der Waals surface area contributed by atoms with E-state index in [4.69, 9.17) is 16.3 Å². The number of benzene rings is 3. The highest BCUT2D eigenvalue weighted by Gasteiger charge is 2.38. The first-order valence-corrected chi connectivity index (χ1v) is 9.18. The Hall–Kier alpha value is -2.98. The van der Waals surface area contributed by atoms with Crippen LogP contribution in [0.5, 0.6) is 11.5 Å². The SMILES string of the molecule is C[C@@H]1NC(=O)N(c2ccc(Oc3ccc(Cl)cc3)cc2)[C@H]1c1ccccc1. The molecule has 136 valence electrons. The molecule has 0 saturated carbocycles. The van der Waals surface area contributed by atoms with Gasteiger partial charge < -0.3 is 10.1 Å². The zero-order chi connectivity index (χ0) is 18.8. The van der Waals surface area contributed by atoms with E-state index in [0.717, 1.165) is 11.3 Å². The van der Waals surface area contributed by atoms with Gasteiger partial charge in [-0.05, 0) is 61.0 Å². The van der Waals surface area contributed by atoms with Gasteiger partial charge in [0.2, 0.25) is 0 Å². The van der Waals surface area contributed by atoms with Crippen molar-refractivity contribution >= 4 is 23.3 Å². The number of urea groups is 1. The summed E-state index contributed by atoms with van der Waals surface area (Å²) in [6, 6.07) is 24.7. The number of ether oxygens (including phenoxy) is 1. The van der Waals surface area contributed by atoms with Gasteiger partial charge in [0.15, 0.2) is 0 Å². The predicted molar refractivity (Wildman–Crippen MR) is 108 cm³/mol. The second kappa shape index (κ2) is 7.33. The molecule has 27 heavy (non-hydrogen) atoms. The molecule has 0 spiro atoms. The molecular formula is C22H19ClN2O2. The summed E-state index contributed by atoms with van der Waals surface area (Å²) < 4.78 is 5.83. The van der Waals surface area contributed by atoms with E-state index in [9.17, 15) is 4.79 Å². The van der Waals surface area contributed by atoms with Crippen molar-refractivity contribution in [1.29, 1.82) is 0 Å². The molecule has 1 N–H and O–H groups in total. The van der Waals surface area contributed by atoms with Crippen LogP contribution in [-0.4, -0.2) is 12.1 Å². The molecule has 0 bridgehead atoms. The molecule has 0 radical (unpaired) electrons. The Bertz CT molecular complexity index is 927. The summed E-state index contributed by atoms with van der Waals surface area (Å²) in [5, 5.41) is 3.68. The summed E-state index contributed by atoms with van der Waals surface area (Å²) in [6.07, 6.45) is 0. The number of rotatable bonds is 4. The maximum atomic E-state index is 12.5. The fraction of sp³-hybridized carbons (Fsp3) is 0.136. The van der Waals surface area contributed by atoms with Gasteiger partial charge in [-0.3, -0.25) is 4.90 Å². The molecule has 5 heteroatoms. The number of nitrogens with one attached hydrogen (secondary N) is 1. The molecule has 0 aliphatic carbocycles. The van der Waals surface area contributed by atoms with E-state index >= 15 is 0 Å². The Morgan fingerprint density at radius 1 is 0.889 bits per heavy atom. The van der Waals surface area contributed by atoms with Crippen LogP contribution in [-0.2, 0) is 0 Å². The maximum Gasteiger partial charge on any atom is 0.322 e. The van der Waals surface area contributed by atoms with Crippen LogP contribution >= 0.6 is 11.6 Å². The fourth-order valence-corrected chi connectivity index (χ4v) is 3.50. The Labute approximate surface area is 163 Å². The van der Waals surface area contributed by atoms with Gasteiger partial charge in [-0.15, -0.1) is 0 Å². The van der Waals surface area contributed by atoms with Crippen LogP contribution in [0.3, 0.4) is 0 Å². The van der Waals surface area contributed by atoms with E-state index in [0.29, 0.717) is 16.5 Å². The van der Waals surface area contributed by atoms with Gasteiger partial charge in [0.25, 0.3) is 0 Å². The third kappa shape index (κ3) is 3.62. The second-order valence-corrected chi connectivity index (χ2v) is 6.95. The normalized spacial score (nSPS) is 19.0. The van der Waals surface area contributed by atoms with Crippen molar-refractivity contribution in [3.05, 3.63) is 89.4 Å². The lowest BCUT2D eigenvalue weighted by Crippen LogP contribution is -2.29. The van der Waals surface area contributed by atoms with Crippen LogP contribution in [0.2, 0.25) is 5.02 Å². The topological polar surface area (TPSA) is 41.6 Å². The van der Waals surface area contributed by atoms with Crippen molar-refractivity contribution in [1.82, 2.24) is 5.32 Å². The van der Waals surface area contributed by atoms with Crippen molar-refractivity contribution in [2.75, 3.05) is 4.90 Å². The Morgan fingerprint density at radius 3 is 2.11 bits per heavy atom. The summed E-state index contributed by atoms with van der Waals surface area (Å²) in [5.41, 5.74) is 1.93. The van der Waals surface area contributed by atoms with Crippen molar-refractivity contribution in [3.63, 3.8) is 0 Å². The van der Waals surface area contributed by atoms with Crippen LogP contribution in [0, 0.1) is 0 Å². The second-order valence-electron chi connectivity index (χ2n) is 6.51. The van der Waals surface area contributed by atoms with Crippen molar-refractivity contribution in [2.24, 2.45) is 0 Å². The number of hydrogen-bond acceptors (Lipinski definition) is 2. The van der Waals surface area contributed by atoms with Crippen LogP contribution < -0.4 is 15.0 Å². The molecule has 2 amide bonds. The average Bonchev–Trinajstić information content (AvgIpc) is 2.99. The molecule has 1 heterocycles. The monoisotopic (exact) mass is 378 g/mol. The number of carbonyl (C=O) groups is 1. The maximum absolute atomic E-state index is 12.5. The van der Waals surface area contributed by atoms with Crippen molar-refractivity contribution < 1.29 is 9.53 Å². The first-order valence-electron chi connectivity index (χ1n) is 8.80. The van der Waals surface area contributed by atoms with Crippen LogP contribution in [0.4, 0.5) is 10.5 Å². The van der Waals surface area contributed by atoms with Gasteiger partial charge >= 0.3 is 6.03 Å². The molecule has 0 aromatic heterocycles. The van der Waals surface area contributed by atoms with Crippen molar-refractivity contribution in [2.45, 2.75) is 19.0 Å². The lowest BCUT2D eigenvalue weighted by atomic mass is 10.0. The summed E-state index contributed by atoms with van der Waals surface area (Å²) in [7, 11) is 0. The molecule has 2 atom stereocenters. The largest absolute Gasteiger partial charge is 0.457 e. The number of nitrogens with zero attached hydrogens (tertiary/aromatic N) is 1. The van der Waals surface area contributed by atoms with Gasteiger partial charge in [-0.2, -0.15) is 0 Å². The minimum Gasteiger partial charge on any atom is -0.457 e. The molecule has 1 aliphatic rings. The van der Waals surface area contributed by atoms with E-state index in [1.165, 1.54) is 0 Å². The number of halogens is 1. The predicted octanol–water partition coefficient (Wildman–Crippen LogP) is 5.79. The third-order valence-electron chi connectivity index (χ3n) is 4.63. The molecule has 1 fully saturated rings. The van der Waals surface area contributed by atoms with Gasteiger partial charge in [0, 0.05) is 10.7 Å². The Morgan fingerprint density at radius 2 is 1.48 bits per heavy atom. The van der Waals surface area contributed by atoms with Gasteiger partial charge in [-0.1, -0.05) is 41.9 Å². The molecule has 4 nitrogen and oxygen atoms in total. The van der Waals surface area contributed by atoms with E-state index in [1.807, 2.05) is 73.7 Å². The van der Waals surface area contributed by atoms with Gasteiger partial charge in [0.05, 0.1) is 12.1 Å². The van der Waals surface area contributed by atoms with E-state index in [2.05, 4.69) is 5.32 Å². The summed E-state index contributed by atoms with van der Waals surface area (Å²) in [6.45, 7) is 2.02. The lowest BCUT2D eigenvalue weighted by Gasteiger charge is -2.25. The number of hydrogen-bond donors (Lipinski definition) is 1. The average molecular weight is 379 g/mol. The fourth-order valence-electron chi connectivity index (χ4n) is 3.37. The number of amides is 2. The van der Waals surface area contributed by atoms with E-state index < -0.39 is 0 Å². The Balaban J connectivity index is 1.58.